The topological polar surface area (TPSA) is 92.4 Å². The molecule has 1 atom stereocenters. The molecule has 1 amide bonds. The van der Waals surface area contributed by atoms with E-state index in [1.165, 1.54) is 0 Å². The number of carbonyl (C=O) groups is 1. The van der Waals surface area contributed by atoms with Crippen LogP contribution in [0.4, 0.5) is 5.69 Å². The first-order valence-electron chi connectivity index (χ1n) is 16.3. The van der Waals surface area contributed by atoms with Crippen LogP contribution in [-0.2, 0) is 16.8 Å². The van der Waals surface area contributed by atoms with E-state index in [0.717, 1.165) is 55.7 Å². The lowest BCUT2D eigenvalue weighted by Crippen LogP contribution is -2.38. The Labute approximate surface area is 284 Å². The SMILES string of the molecule is O=C(N[C@H](CO)c1ccccc1)C1=Nc2cc3c(-c4ccncc4)nn(C(c4ccccc4)(c4ccccc4)c4ccccc4)c3cc2C1. The Morgan fingerprint density at radius 2 is 1.31 bits per heavy atom. The second-order valence-electron chi connectivity index (χ2n) is 12.2. The van der Waals surface area contributed by atoms with Gasteiger partial charge in [0.1, 0.15) is 16.9 Å². The van der Waals surface area contributed by atoms with Gasteiger partial charge in [0.15, 0.2) is 0 Å². The molecular formula is C42H33N5O2. The van der Waals surface area contributed by atoms with Crippen LogP contribution in [0.1, 0.15) is 33.9 Å². The van der Waals surface area contributed by atoms with Gasteiger partial charge in [-0.25, -0.2) is 9.67 Å². The van der Waals surface area contributed by atoms with Crippen molar-refractivity contribution in [3.05, 3.63) is 186 Å². The van der Waals surface area contributed by atoms with Crippen LogP contribution in [0.15, 0.2) is 163 Å². The summed E-state index contributed by atoms with van der Waals surface area (Å²) in [5.74, 6) is -0.300. The number of fused-ring (bicyclic) bond motifs is 2. The molecule has 7 aromatic rings. The second kappa shape index (κ2) is 12.8. The molecule has 0 radical (unpaired) electrons. The second-order valence-corrected chi connectivity index (χ2v) is 12.2. The van der Waals surface area contributed by atoms with Gasteiger partial charge in [-0.1, -0.05) is 121 Å². The lowest BCUT2D eigenvalue weighted by atomic mass is 9.77. The Balaban J connectivity index is 1.33. The van der Waals surface area contributed by atoms with Crippen molar-refractivity contribution in [2.75, 3.05) is 6.61 Å². The fraction of sp³-hybridized carbons (Fsp3) is 0.0952. The first-order chi connectivity index (χ1) is 24.2. The van der Waals surface area contributed by atoms with Crippen molar-refractivity contribution in [1.82, 2.24) is 20.1 Å². The molecule has 5 aromatic carbocycles. The number of benzene rings is 5. The van der Waals surface area contributed by atoms with Crippen LogP contribution in [0.3, 0.4) is 0 Å². The largest absolute Gasteiger partial charge is 0.394 e. The predicted octanol–water partition coefficient (Wildman–Crippen LogP) is 7.42. The number of nitrogens with one attached hydrogen (secondary N) is 1. The summed E-state index contributed by atoms with van der Waals surface area (Å²) in [6.45, 7) is -0.217. The highest BCUT2D eigenvalue weighted by Crippen LogP contribution is 2.45. The van der Waals surface area contributed by atoms with Crippen LogP contribution < -0.4 is 5.32 Å². The minimum atomic E-state index is -0.842. The third-order valence-corrected chi connectivity index (χ3v) is 9.29. The highest BCUT2D eigenvalue weighted by molar-refractivity contribution is 6.41. The van der Waals surface area contributed by atoms with Gasteiger partial charge in [-0.05, 0) is 52.1 Å². The number of aliphatic hydroxyl groups is 1. The number of hydrogen-bond donors (Lipinski definition) is 2. The summed E-state index contributed by atoms with van der Waals surface area (Å²) in [6.07, 6.45) is 3.91. The molecule has 0 saturated heterocycles. The Morgan fingerprint density at radius 3 is 1.86 bits per heavy atom. The summed E-state index contributed by atoms with van der Waals surface area (Å²) < 4.78 is 2.15. The molecule has 49 heavy (non-hydrogen) atoms. The van der Waals surface area contributed by atoms with E-state index in [4.69, 9.17) is 10.1 Å². The summed E-state index contributed by atoms with van der Waals surface area (Å²) in [5, 5.41) is 19.5. The molecule has 3 heterocycles. The summed E-state index contributed by atoms with van der Waals surface area (Å²) >= 11 is 0. The molecule has 2 N–H and O–H groups in total. The van der Waals surface area contributed by atoms with E-state index in [1.54, 1.807) is 12.4 Å². The third kappa shape index (κ3) is 5.30. The van der Waals surface area contributed by atoms with Gasteiger partial charge in [0.25, 0.3) is 5.91 Å². The molecule has 1 aliphatic heterocycles. The molecule has 8 rings (SSSR count). The molecule has 0 saturated carbocycles. The van der Waals surface area contributed by atoms with Crippen LogP contribution >= 0.6 is 0 Å². The molecule has 238 valence electrons. The van der Waals surface area contributed by atoms with Crippen LogP contribution in [0, 0.1) is 0 Å². The van der Waals surface area contributed by atoms with Gasteiger partial charge >= 0.3 is 0 Å². The summed E-state index contributed by atoms with van der Waals surface area (Å²) in [7, 11) is 0. The quantitative estimate of drug-likeness (QED) is 0.161. The fourth-order valence-electron chi connectivity index (χ4n) is 6.98. The number of pyridine rings is 1. The average Bonchev–Trinajstić information content (AvgIpc) is 3.77. The minimum Gasteiger partial charge on any atom is -0.394 e. The maximum Gasteiger partial charge on any atom is 0.266 e. The minimum absolute atomic E-state index is 0.217. The number of nitrogens with zero attached hydrogens (tertiary/aromatic N) is 4. The van der Waals surface area contributed by atoms with Crippen molar-refractivity contribution < 1.29 is 9.90 Å². The number of aliphatic imine (C=N–C) groups is 1. The smallest absolute Gasteiger partial charge is 0.266 e. The number of amides is 1. The molecule has 0 fully saturated rings. The lowest BCUT2D eigenvalue weighted by molar-refractivity contribution is -0.115. The summed E-state index contributed by atoms with van der Waals surface area (Å²) in [4.78, 5) is 22.7. The molecule has 0 aliphatic carbocycles. The molecule has 0 spiro atoms. The van der Waals surface area contributed by atoms with Crippen molar-refractivity contribution >= 4 is 28.2 Å². The fourth-order valence-corrected chi connectivity index (χ4v) is 6.98. The third-order valence-electron chi connectivity index (χ3n) is 9.29. The number of carbonyl (C=O) groups excluding carboxylic acids is 1. The standard InChI is InChI=1S/C42H33N5O2/c48-28-38(29-13-5-1-6-14-29)45-41(49)37-25-31-26-39-35(27-36(31)44-37)40(30-21-23-43-24-22-30)46-47(39)42(32-15-7-2-8-16-32,33-17-9-3-10-18-33)34-19-11-4-12-20-34/h1-24,26-27,38,48H,25,28H2,(H,45,49)/t38-/m1/s1. The van der Waals surface area contributed by atoms with Crippen LogP contribution in [0.25, 0.3) is 22.2 Å². The maximum absolute atomic E-state index is 13.6. The van der Waals surface area contributed by atoms with Crippen molar-refractivity contribution in [1.29, 1.82) is 0 Å². The highest BCUT2D eigenvalue weighted by Gasteiger charge is 2.41. The molecule has 0 unspecified atom stereocenters. The van der Waals surface area contributed by atoms with Crippen LogP contribution in [-0.4, -0.2) is 38.1 Å². The van der Waals surface area contributed by atoms with Crippen LogP contribution in [0.5, 0.6) is 0 Å². The van der Waals surface area contributed by atoms with E-state index in [1.807, 2.05) is 60.7 Å². The number of aromatic nitrogens is 3. The van der Waals surface area contributed by atoms with Gasteiger partial charge in [0.05, 0.1) is 23.9 Å². The van der Waals surface area contributed by atoms with Gasteiger partial charge in [-0.3, -0.25) is 9.78 Å². The summed E-state index contributed by atoms with van der Waals surface area (Å²) in [6, 6.07) is 48.5. The lowest BCUT2D eigenvalue weighted by Gasteiger charge is -2.37. The number of aliphatic hydroxyl groups excluding tert-OH is 1. The average molecular weight is 640 g/mol. The van der Waals surface area contributed by atoms with Gasteiger partial charge < -0.3 is 10.4 Å². The number of hydrogen-bond acceptors (Lipinski definition) is 5. The molecule has 2 aromatic heterocycles. The van der Waals surface area contributed by atoms with Crippen molar-refractivity contribution in [2.24, 2.45) is 4.99 Å². The zero-order valence-electron chi connectivity index (χ0n) is 26.6. The molecule has 1 aliphatic rings. The van der Waals surface area contributed by atoms with E-state index in [-0.39, 0.29) is 12.5 Å². The van der Waals surface area contributed by atoms with Crippen molar-refractivity contribution in [3.63, 3.8) is 0 Å². The Hall–Kier alpha value is -6.18. The van der Waals surface area contributed by atoms with Gasteiger partial charge in [0, 0.05) is 29.8 Å². The summed E-state index contributed by atoms with van der Waals surface area (Å²) in [5.41, 5.74) is 7.88. The van der Waals surface area contributed by atoms with Gasteiger partial charge in [0.2, 0.25) is 0 Å². The predicted molar refractivity (Wildman–Crippen MR) is 193 cm³/mol. The van der Waals surface area contributed by atoms with Crippen molar-refractivity contribution in [3.8, 4) is 11.3 Å². The maximum atomic E-state index is 13.6. The van der Waals surface area contributed by atoms with Gasteiger partial charge in [-0.15, -0.1) is 0 Å². The zero-order chi connectivity index (χ0) is 33.2. The Kier molecular flexibility index (Phi) is 7.87. The molecular weight excluding hydrogens is 606 g/mol. The van der Waals surface area contributed by atoms with E-state index in [2.05, 4.69) is 99.9 Å². The van der Waals surface area contributed by atoms with E-state index >= 15 is 0 Å². The van der Waals surface area contributed by atoms with Crippen molar-refractivity contribution in [2.45, 2.75) is 18.0 Å². The molecule has 7 heteroatoms. The first kappa shape index (κ1) is 30.2. The molecule has 7 nitrogen and oxygen atoms in total. The zero-order valence-corrected chi connectivity index (χ0v) is 26.6. The Morgan fingerprint density at radius 1 is 0.755 bits per heavy atom. The Bertz CT molecular complexity index is 2170. The van der Waals surface area contributed by atoms with E-state index < -0.39 is 11.6 Å². The highest BCUT2D eigenvalue weighted by atomic mass is 16.3. The first-order valence-corrected chi connectivity index (χ1v) is 16.3. The monoisotopic (exact) mass is 639 g/mol. The van der Waals surface area contributed by atoms with Gasteiger partial charge in [-0.2, -0.15) is 5.10 Å². The molecule has 0 bridgehead atoms. The van der Waals surface area contributed by atoms with E-state index in [9.17, 15) is 9.90 Å². The van der Waals surface area contributed by atoms with Crippen LogP contribution in [0.2, 0.25) is 0 Å². The number of rotatable bonds is 9. The van der Waals surface area contributed by atoms with E-state index in [0.29, 0.717) is 12.1 Å². The normalized spacial score (nSPS) is 13.1.